The molecule has 1 amide bonds. The molecular weight excluding hydrogens is 384 g/mol. The third kappa shape index (κ3) is 3.86. The topological polar surface area (TPSA) is 69.0 Å². The third-order valence-corrected chi connectivity index (χ3v) is 5.67. The molecule has 2 heterocycles. The second kappa shape index (κ2) is 7.67. The Morgan fingerprint density at radius 3 is 2.55 bits per heavy atom. The van der Waals surface area contributed by atoms with Crippen LogP contribution in [0.15, 0.2) is 42.5 Å². The van der Waals surface area contributed by atoms with Crippen molar-refractivity contribution in [2.24, 2.45) is 0 Å². The van der Waals surface area contributed by atoms with Gasteiger partial charge in [0.15, 0.2) is 0 Å². The summed E-state index contributed by atoms with van der Waals surface area (Å²) in [5.41, 5.74) is 4.72. The smallest absolute Gasteiger partial charge is 0.256 e. The molecule has 0 saturated heterocycles. The van der Waals surface area contributed by atoms with Gasteiger partial charge in [0.05, 0.1) is 22.5 Å². The molecule has 29 heavy (non-hydrogen) atoms. The summed E-state index contributed by atoms with van der Waals surface area (Å²) in [5, 5.41) is 8.21. The van der Waals surface area contributed by atoms with E-state index in [0.717, 1.165) is 26.8 Å². The molecule has 1 N–H and O–H groups in total. The van der Waals surface area contributed by atoms with Crippen LogP contribution >= 0.6 is 11.3 Å². The Hall–Kier alpha value is -3.19. The molecule has 4 aromatic rings. The molecule has 0 bridgehead atoms. The number of ether oxygens (including phenoxy) is 1. The molecule has 2 aromatic heterocycles. The number of aromatic nitrogens is 3. The first-order chi connectivity index (χ1) is 13.9. The van der Waals surface area contributed by atoms with Crippen LogP contribution in [0.1, 0.15) is 34.1 Å². The summed E-state index contributed by atoms with van der Waals surface area (Å²) >= 11 is 1.55. The van der Waals surface area contributed by atoms with E-state index in [-0.39, 0.29) is 5.91 Å². The third-order valence-electron chi connectivity index (χ3n) is 4.67. The van der Waals surface area contributed by atoms with Crippen molar-refractivity contribution in [1.29, 1.82) is 0 Å². The zero-order valence-electron chi connectivity index (χ0n) is 16.8. The molecule has 0 unspecified atom stereocenters. The van der Waals surface area contributed by atoms with Crippen molar-refractivity contribution < 1.29 is 9.53 Å². The lowest BCUT2D eigenvalue weighted by molar-refractivity contribution is 0.102. The maximum atomic E-state index is 12.7. The van der Waals surface area contributed by atoms with Gasteiger partial charge in [-0.2, -0.15) is 9.78 Å². The van der Waals surface area contributed by atoms with Crippen LogP contribution in [0.25, 0.3) is 15.3 Å². The number of nitrogens with one attached hydrogen (secondary N) is 1. The number of aryl methyl sites for hydroxylation is 3. The molecule has 4 rings (SSSR count). The van der Waals surface area contributed by atoms with Gasteiger partial charge in [-0.05, 0) is 75.2 Å². The van der Waals surface area contributed by atoms with Crippen LogP contribution < -0.4 is 10.1 Å². The average molecular weight is 407 g/mol. The number of benzene rings is 2. The maximum Gasteiger partial charge on any atom is 0.256 e. The number of amides is 1. The van der Waals surface area contributed by atoms with E-state index < -0.39 is 0 Å². The van der Waals surface area contributed by atoms with E-state index in [4.69, 9.17) is 9.72 Å². The molecule has 0 radical (unpaired) electrons. The van der Waals surface area contributed by atoms with Gasteiger partial charge in [0.2, 0.25) is 5.13 Å². The molecule has 0 aliphatic carbocycles. The zero-order valence-corrected chi connectivity index (χ0v) is 17.6. The van der Waals surface area contributed by atoms with Crippen LogP contribution in [-0.2, 0) is 0 Å². The number of anilines is 1. The van der Waals surface area contributed by atoms with Gasteiger partial charge in [-0.3, -0.25) is 4.79 Å². The second-order valence-corrected chi connectivity index (χ2v) is 7.90. The number of carbonyl (C=O) groups is 1. The minimum Gasteiger partial charge on any atom is -0.494 e. The normalized spacial score (nSPS) is 11.0. The van der Waals surface area contributed by atoms with Gasteiger partial charge in [0.1, 0.15) is 11.6 Å². The van der Waals surface area contributed by atoms with E-state index >= 15 is 0 Å². The second-order valence-electron chi connectivity index (χ2n) is 6.89. The van der Waals surface area contributed by atoms with Crippen LogP contribution in [0.5, 0.6) is 5.75 Å². The number of carbonyl (C=O) groups excluding carboxylic acids is 1. The van der Waals surface area contributed by atoms with Gasteiger partial charge in [0.25, 0.3) is 5.91 Å². The summed E-state index contributed by atoms with van der Waals surface area (Å²) < 4.78 is 8.22. The van der Waals surface area contributed by atoms with Crippen LogP contribution in [0.4, 0.5) is 5.82 Å². The predicted molar refractivity (Wildman–Crippen MR) is 117 cm³/mol. The highest BCUT2D eigenvalue weighted by Crippen LogP contribution is 2.29. The Labute approximate surface area is 173 Å². The Balaban J connectivity index is 1.64. The first-order valence-corrected chi connectivity index (χ1v) is 10.3. The van der Waals surface area contributed by atoms with Crippen LogP contribution in [0.3, 0.4) is 0 Å². The molecule has 6 nitrogen and oxygen atoms in total. The highest BCUT2D eigenvalue weighted by Gasteiger charge is 2.16. The van der Waals surface area contributed by atoms with E-state index in [1.807, 2.05) is 19.9 Å². The number of hydrogen-bond acceptors (Lipinski definition) is 5. The van der Waals surface area contributed by atoms with Crippen molar-refractivity contribution in [3.05, 3.63) is 64.8 Å². The number of hydrogen-bond donors (Lipinski definition) is 1. The highest BCUT2D eigenvalue weighted by atomic mass is 32.1. The Bertz CT molecular complexity index is 1150. The molecule has 0 atom stereocenters. The molecule has 7 heteroatoms. The Morgan fingerprint density at radius 2 is 1.83 bits per heavy atom. The number of rotatable bonds is 5. The average Bonchev–Trinajstić information content (AvgIpc) is 3.25. The first kappa shape index (κ1) is 19.1. The molecule has 0 aliphatic rings. The fourth-order valence-electron chi connectivity index (χ4n) is 3.05. The molecular formula is C22H22N4O2S. The maximum absolute atomic E-state index is 12.7. The van der Waals surface area contributed by atoms with Crippen molar-refractivity contribution >= 4 is 33.3 Å². The van der Waals surface area contributed by atoms with E-state index in [0.29, 0.717) is 18.0 Å². The summed E-state index contributed by atoms with van der Waals surface area (Å²) in [4.78, 5) is 17.4. The molecule has 2 aromatic carbocycles. The lowest BCUT2D eigenvalue weighted by Gasteiger charge is -2.07. The van der Waals surface area contributed by atoms with E-state index in [9.17, 15) is 4.79 Å². The first-order valence-electron chi connectivity index (χ1n) is 9.43. The van der Waals surface area contributed by atoms with Crippen LogP contribution in [0, 0.1) is 20.8 Å². The van der Waals surface area contributed by atoms with Crippen molar-refractivity contribution in [3.63, 3.8) is 0 Å². The summed E-state index contributed by atoms with van der Waals surface area (Å²) in [6.07, 6.45) is 0. The van der Waals surface area contributed by atoms with Gasteiger partial charge in [-0.25, -0.2) is 4.98 Å². The van der Waals surface area contributed by atoms with Crippen LogP contribution in [-0.4, -0.2) is 27.3 Å². The van der Waals surface area contributed by atoms with Crippen molar-refractivity contribution in [3.8, 4) is 10.9 Å². The van der Waals surface area contributed by atoms with Gasteiger partial charge in [0, 0.05) is 11.6 Å². The van der Waals surface area contributed by atoms with Crippen molar-refractivity contribution in [1.82, 2.24) is 14.8 Å². The Kier molecular flexibility index (Phi) is 5.07. The quantitative estimate of drug-likeness (QED) is 0.503. The molecule has 0 fully saturated rings. The van der Waals surface area contributed by atoms with Gasteiger partial charge < -0.3 is 10.1 Å². The summed E-state index contributed by atoms with van der Waals surface area (Å²) in [5.74, 6) is 1.13. The standard InChI is InChI=1S/C22H22N4O2S/c1-5-28-17-8-6-16(7-9-17)21(27)24-20-12-15(4)25-26(20)22-23-18-10-13(2)14(3)11-19(18)29-22/h6-12H,5H2,1-4H3,(H,24,27). The Morgan fingerprint density at radius 1 is 1.10 bits per heavy atom. The zero-order chi connectivity index (χ0) is 20.5. The SMILES string of the molecule is CCOc1ccc(C(=O)Nc2cc(C)nn2-c2nc3cc(C)c(C)cc3s2)cc1. The fraction of sp³-hybridized carbons (Fsp3) is 0.227. The summed E-state index contributed by atoms with van der Waals surface area (Å²) in [7, 11) is 0. The molecule has 148 valence electrons. The monoisotopic (exact) mass is 406 g/mol. The van der Waals surface area contributed by atoms with Gasteiger partial charge in [-0.1, -0.05) is 11.3 Å². The number of thiazole rings is 1. The van der Waals surface area contributed by atoms with E-state index in [2.05, 4.69) is 36.4 Å². The lowest BCUT2D eigenvalue weighted by Crippen LogP contribution is -2.15. The molecule has 0 saturated carbocycles. The van der Waals surface area contributed by atoms with Gasteiger partial charge >= 0.3 is 0 Å². The van der Waals surface area contributed by atoms with E-state index in [1.54, 1.807) is 40.3 Å². The lowest BCUT2D eigenvalue weighted by atomic mass is 10.1. The minimum atomic E-state index is -0.206. The number of nitrogens with zero attached hydrogens (tertiary/aromatic N) is 3. The van der Waals surface area contributed by atoms with Crippen molar-refractivity contribution in [2.75, 3.05) is 11.9 Å². The summed E-state index contributed by atoms with van der Waals surface area (Å²) in [6.45, 7) is 8.58. The van der Waals surface area contributed by atoms with Crippen LogP contribution in [0.2, 0.25) is 0 Å². The van der Waals surface area contributed by atoms with Gasteiger partial charge in [-0.15, -0.1) is 0 Å². The van der Waals surface area contributed by atoms with E-state index in [1.165, 1.54) is 11.1 Å². The molecule has 0 aliphatic heterocycles. The minimum absolute atomic E-state index is 0.206. The predicted octanol–water partition coefficient (Wildman–Crippen LogP) is 5.06. The number of fused-ring (bicyclic) bond motifs is 1. The molecule has 0 spiro atoms. The summed E-state index contributed by atoms with van der Waals surface area (Å²) in [6, 6.07) is 13.1. The largest absolute Gasteiger partial charge is 0.494 e. The van der Waals surface area contributed by atoms with Crippen molar-refractivity contribution in [2.45, 2.75) is 27.7 Å². The highest BCUT2D eigenvalue weighted by molar-refractivity contribution is 7.20. The fourth-order valence-corrected chi connectivity index (χ4v) is 4.06.